The van der Waals surface area contributed by atoms with Crippen LogP contribution in [0.2, 0.25) is 0 Å². The number of benzene rings is 2. The molecule has 0 amide bonds. The van der Waals surface area contributed by atoms with Crippen molar-refractivity contribution in [1.82, 2.24) is 9.88 Å². The molecule has 3 rings (SSSR count). The molecule has 25 heavy (non-hydrogen) atoms. The van der Waals surface area contributed by atoms with E-state index in [4.69, 9.17) is 0 Å². The van der Waals surface area contributed by atoms with E-state index in [1.54, 1.807) is 12.3 Å². The fourth-order valence-corrected chi connectivity index (χ4v) is 2.54. The molecule has 3 aromatic rings. The van der Waals surface area contributed by atoms with Crippen LogP contribution < -0.4 is 10.9 Å². The summed E-state index contributed by atoms with van der Waals surface area (Å²) >= 11 is 0. The van der Waals surface area contributed by atoms with Crippen molar-refractivity contribution in [3.63, 3.8) is 0 Å². The van der Waals surface area contributed by atoms with Crippen molar-refractivity contribution >= 4 is 6.08 Å². The van der Waals surface area contributed by atoms with Gasteiger partial charge in [-0.1, -0.05) is 60.7 Å². The summed E-state index contributed by atoms with van der Waals surface area (Å²) in [6.07, 6.45) is 5.46. The maximum Gasteiger partial charge on any atom is 0.293 e. The van der Waals surface area contributed by atoms with Gasteiger partial charge in [-0.05, 0) is 29.5 Å². The van der Waals surface area contributed by atoms with Gasteiger partial charge < -0.3 is 15.0 Å². The van der Waals surface area contributed by atoms with Crippen LogP contribution in [-0.4, -0.2) is 9.67 Å². The van der Waals surface area contributed by atoms with Crippen LogP contribution in [0.5, 0.6) is 5.75 Å². The Bertz CT molecular complexity index is 900. The van der Waals surface area contributed by atoms with Gasteiger partial charge in [0.05, 0.1) is 6.54 Å². The summed E-state index contributed by atoms with van der Waals surface area (Å²) in [4.78, 5) is 12.3. The number of pyridine rings is 1. The molecule has 4 nitrogen and oxygen atoms in total. The van der Waals surface area contributed by atoms with E-state index in [1.165, 1.54) is 4.57 Å². The molecule has 1 heterocycles. The molecule has 126 valence electrons. The molecule has 0 spiro atoms. The van der Waals surface area contributed by atoms with Crippen molar-refractivity contribution < 1.29 is 5.11 Å². The zero-order chi connectivity index (χ0) is 17.5. The second kappa shape index (κ2) is 8.02. The number of nitrogens with zero attached hydrogens (tertiary/aromatic N) is 1. The number of nitrogens with one attached hydrogen (secondary N) is 1. The molecule has 0 atom stereocenters. The van der Waals surface area contributed by atoms with Gasteiger partial charge in [0.15, 0.2) is 5.75 Å². The fourth-order valence-electron chi connectivity index (χ4n) is 2.54. The van der Waals surface area contributed by atoms with Crippen LogP contribution in [0.4, 0.5) is 0 Å². The van der Waals surface area contributed by atoms with E-state index >= 15 is 0 Å². The lowest BCUT2D eigenvalue weighted by Gasteiger charge is -2.09. The van der Waals surface area contributed by atoms with Gasteiger partial charge in [0.1, 0.15) is 0 Å². The van der Waals surface area contributed by atoms with Crippen molar-refractivity contribution in [3.8, 4) is 5.75 Å². The Morgan fingerprint density at radius 3 is 2.36 bits per heavy atom. The Balaban J connectivity index is 1.66. The lowest BCUT2D eigenvalue weighted by Crippen LogP contribution is -2.21. The molecule has 0 unspecified atom stereocenters. The minimum Gasteiger partial charge on any atom is -0.503 e. The molecule has 0 bridgehead atoms. The van der Waals surface area contributed by atoms with Gasteiger partial charge >= 0.3 is 0 Å². The highest BCUT2D eigenvalue weighted by molar-refractivity contribution is 5.48. The molecule has 0 saturated heterocycles. The fraction of sp³-hybridized carbons (Fsp3) is 0.0952. The van der Waals surface area contributed by atoms with Crippen molar-refractivity contribution in [2.45, 2.75) is 13.1 Å². The van der Waals surface area contributed by atoms with Crippen molar-refractivity contribution in [1.29, 1.82) is 0 Å². The number of hydrogen-bond donors (Lipinski definition) is 2. The van der Waals surface area contributed by atoms with Gasteiger partial charge in [0.25, 0.3) is 5.56 Å². The number of hydrogen-bond acceptors (Lipinski definition) is 3. The Morgan fingerprint density at radius 2 is 1.64 bits per heavy atom. The van der Waals surface area contributed by atoms with Gasteiger partial charge in [-0.15, -0.1) is 0 Å². The molecule has 0 aliphatic rings. The Morgan fingerprint density at radius 1 is 0.960 bits per heavy atom. The highest BCUT2D eigenvalue weighted by Gasteiger charge is 2.08. The number of aromatic nitrogens is 1. The molecule has 0 aliphatic heterocycles. The third kappa shape index (κ3) is 4.38. The van der Waals surface area contributed by atoms with E-state index in [0.29, 0.717) is 18.7 Å². The lowest BCUT2D eigenvalue weighted by molar-refractivity contribution is 0.450. The zero-order valence-electron chi connectivity index (χ0n) is 13.8. The van der Waals surface area contributed by atoms with Crippen LogP contribution in [0.3, 0.4) is 0 Å². The smallest absolute Gasteiger partial charge is 0.293 e. The molecule has 1 aromatic heterocycles. The average molecular weight is 332 g/mol. The van der Waals surface area contributed by atoms with Crippen molar-refractivity contribution in [2.75, 3.05) is 0 Å². The third-order valence-corrected chi connectivity index (χ3v) is 3.90. The largest absolute Gasteiger partial charge is 0.503 e. The molecule has 2 aromatic carbocycles. The van der Waals surface area contributed by atoms with Crippen LogP contribution in [0.15, 0.2) is 83.9 Å². The minimum absolute atomic E-state index is 0.209. The van der Waals surface area contributed by atoms with Crippen LogP contribution in [0.1, 0.15) is 16.7 Å². The Labute approximate surface area is 146 Å². The maximum absolute atomic E-state index is 12.3. The summed E-state index contributed by atoms with van der Waals surface area (Å²) in [5, 5.41) is 13.3. The second-order valence-corrected chi connectivity index (χ2v) is 5.73. The van der Waals surface area contributed by atoms with E-state index in [-0.39, 0.29) is 11.3 Å². The van der Waals surface area contributed by atoms with E-state index in [1.807, 2.05) is 72.9 Å². The predicted octanol–water partition coefficient (Wildman–Crippen LogP) is 3.36. The first kappa shape index (κ1) is 16.6. The first-order chi connectivity index (χ1) is 12.2. The quantitative estimate of drug-likeness (QED) is 0.728. The summed E-state index contributed by atoms with van der Waals surface area (Å²) in [5.41, 5.74) is 2.29. The Hall–Kier alpha value is -3.27. The van der Waals surface area contributed by atoms with Gasteiger partial charge in [0, 0.05) is 18.3 Å². The topological polar surface area (TPSA) is 54.3 Å². The summed E-state index contributed by atoms with van der Waals surface area (Å²) in [6.45, 7) is 0.825. The first-order valence-corrected chi connectivity index (χ1v) is 8.14. The molecule has 2 N–H and O–H groups in total. The van der Waals surface area contributed by atoms with Crippen molar-refractivity contribution in [2.24, 2.45) is 0 Å². The maximum atomic E-state index is 12.3. The van der Waals surface area contributed by atoms with E-state index in [0.717, 1.165) is 11.1 Å². The van der Waals surface area contributed by atoms with Gasteiger partial charge in [-0.2, -0.15) is 0 Å². The highest BCUT2D eigenvalue weighted by atomic mass is 16.3. The molecule has 0 aliphatic carbocycles. The van der Waals surface area contributed by atoms with Crippen LogP contribution >= 0.6 is 0 Å². The summed E-state index contributed by atoms with van der Waals surface area (Å²) in [5.74, 6) is -0.209. The van der Waals surface area contributed by atoms with Crippen molar-refractivity contribution in [3.05, 3.63) is 106 Å². The summed E-state index contributed by atoms with van der Waals surface area (Å²) < 4.78 is 1.51. The molecule has 0 saturated carbocycles. The molecule has 0 fully saturated rings. The molecule has 4 heteroatoms. The van der Waals surface area contributed by atoms with Gasteiger partial charge in [0.2, 0.25) is 0 Å². The Kier molecular flexibility index (Phi) is 5.32. The SMILES string of the molecule is O=c1c(O)c(CNC=Cc2ccccc2)ccn1Cc1ccccc1. The third-order valence-electron chi connectivity index (χ3n) is 3.90. The van der Waals surface area contributed by atoms with Crippen LogP contribution in [0, 0.1) is 0 Å². The number of rotatable bonds is 6. The van der Waals surface area contributed by atoms with Gasteiger partial charge in [-0.3, -0.25) is 4.79 Å². The second-order valence-electron chi connectivity index (χ2n) is 5.73. The lowest BCUT2D eigenvalue weighted by atomic mass is 10.2. The van der Waals surface area contributed by atoms with Crippen LogP contribution in [-0.2, 0) is 13.1 Å². The molecular formula is C21H20N2O2. The first-order valence-electron chi connectivity index (χ1n) is 8.14. The minimum atomic E-state index is -0.379. The zero-order valence-corrected chi connectivity index (χ0v) is 13.8. The summed E-state index contributed by atoms with van der Waals surface area (Å²) in [6, 6.07) is 21.4. The number of aromatic hydroxyl groups is 1. The molecular weight excluding hydrogens is 312 g/mol. The average Bonchev–Trinajstić information content (AvgIpc) is 2.66. The highest BCUT2D eigenvalue weighted by Crippen LogP contribution is 2.11. The normalized spacial score (nSPS) is 10.9. The van der Waals surface area contributed by atoms with E-state index < -0.39 is 0 Å². The predicted molar refractivity (Wildman–Crippen MR) is 100 cm³/mol. The standard InChI is InChI=1S/C21H20N2O2/c24-20-19(15-22-13-11-17-7-3-1-4-8-17)12-14-23(21(20)25)16-18-9-5-2-6-10-18/h1-14,22,24H,15-16H2. The van der Waals surface area contributed by atoms with E-state index in [2.05, 4.69) is 5.32 Å². The van der Waals surface area contributed by atoms with Gasteiger partial charge in [-0.25, -0.2) is 0 Å². The van der Waals surface area contributed by atoms with E-state index in [9.17, 15) is 9.90 Å². The van der Waals surface area contributed by atoms with Crippen LogP contribution in [0.25, 0.3) is 6.08 Å². The monoisotopic (exact) mass is 332 g/mol. The molecule has 0 radical (unpaired) electrons. The summed E-state index contributed by atoms with van der Waals surface area (Å²) in [7, 11) is 0.